The number of nitrogens with one attached hydrogen (secondary N) is 1. The molecule has 3 aromatic carbocycles. The van der Waals surface area contributed by atoms with E-state index in [0.717, 1.165) is 10.8 Å². The second-order valence-electron chi connectivity index (χ2n) is 7.63. The van der Waals surface area contributed by atoms with Crippen LogP contribution in [0.15, 0.2) is 72.8 Å². The summed E-state index contributed by atoms with van der Waals surface area (Å²) < 4.78 is 34.1. The molecule has 0 aliphatic rings. The first-order valence-electron chi connectivity index (χ1n) is 10.1. The number of carbonyl (C=O) groups is 1. The van der Waals surface area contributed by atoms with Gasteiger partial charge in [-0.25, -0.2) is 0 Å². The van der Waals surface area contributed by atoms with Gasteiger partial charge in [0.15, 0.2) is 0 Å². The Kier molecular flexibility index (Phi) is 6.71. The first-order chi connectivity index (χ1) is 14.7. The molecule has 162 valence electrons. The number of benzene rings is 3. The Morgan fingerprint density at radius 3 is 2.52 bits per heavy atom. The summed E-state index contributed by atoms with van der Waals surface area (Å²) in [7, 11) is 0. The maximum absolute atomic E-state index is 14.1. The van der Waals surface area contributed by atoms with Crippen LogP contribution in [0, 0.1) is 0 Å². The fourth-order valence-electron chi connectivity index (χ4n) is 3.22. The number of halogens is 2. The Hall–Kier alpha value is -3.25. The van der Waals surface area contributed by atoms with Gasteiger partial charge in [-0.1, -0.05) is 18.7 Å². The Labute approximate surface area is 180 Å². The minimum absolute atomic E-state index is 0.0110. The molecule has 0 saturated carbocycles. The molecule has 4 nitrogen and oxygen atoms in total. The summed E-state index contributed by atoms with van der Waals surface area (Å²) in [5.74, 6) is -2.24. The van der Waals surface area contributed by atoms with Crippen molar-refractivity contribution in [2.45, 2.75) is 32.2 Å². The topological polar surface area (TPSA) is 64.3 Å². The van der Waals surface area contributed by atoms with Gasteiger partial charge in [0.1, 0.15) is 11.5 Å². The number of hydrogen-bond donors (Lipinski definition) is 2. The number of carbonyl (C=O) groups excluding carboxylic acids is 1. The van der Waals surface area contributed by atoms with Crippen LogP contribution in [0.25, 0.3) is 10.8 Å². The molecule has 31 heavy (non-hydrogen) atoms. The van der Waals surface area contributed by atoms with Crippen LogP contribution in [0.5, 0.6) is 11.5 Å². The molecule has 0 aliphatic heterocycles. The fourth-order valence-corrected chi connectivity index (χ4v) is 3.22. The van der Waals surface area contributed by atoms with Crippen LogP contribution >= 0.6 is 0 Å². The number of ether oxygens (including phenoxy) is 1. The van der Waals surface area contributed by atoms with Gasteiger partial charge in [-0.3, -0.25) is 4.79 Å². The van der Waals surface area contributed by atoms with Crippen LogP contribution in [-0.4, -0.2) is 18.5 Å². The zero-order chi connectivity index (χ0) is 22.6. The third kappa shape index (κ3) is 5.09. The Morgan fingerprint density at radius 2 is 1.87 bits per heavy atom. The summed E-state index contributed by atoms with van der Waals surface area (Å²) >= 11 is 0. The van der Waals surface area contributed by atoms with Crippen molar-refractivity contribution >= 4 is 16.7 Å². The van der Waals surface area contributed by atoms with Crippen LogP contribution in [0.1, 0.15) is 36.2 Å². The van der Waals surface area contributed by atoms with Gasteiger partial charge in [-0.2, -0.15) is 8.78 Å². The molecule has 1 atom stereocenters. The Morgan fingerprint density at radius 1 is 1.16 bits per heavy atom. The Bertz CT molecular complexity index is 1090. The van der Waals surface area contributed by atoms with Gasteiger partial charge in [-0.15, -0.1) is 0 Å². The second kappa shape index (κ2) is 9.27. The number of alkyl halides is 2. The molecule has 0 bridgehead atoms. The summed E-state index contributed by atoms with van der Waals surface area (Å²) in [6, 6.07) is 16.5. The molecule has 1 amide bonds. The molecule has 3 N–H and O–H groups in total. The van der Waals surface area contributed by atoms with E-state index in [4.69, 9.17) is 10.5 Å². The maximum atomic E-state index is 14.1. The predicted octanol–water partition coefficient (Wildman–Crippen LogP) is 5.77. The van der Waals surface area contributed by atoms with Gasteiger partial charge in [0.25, 0.3) is 11.8 Å². The lowest BCUT2D eigenvalue weighted by Crippen LogP contribution is -2.34. The van der Waals surface area contributed by atoms with Crippen molar-refractivity contribution in [3.8, 4) is 11.5 Å². The lowest BCUT2D eigenvalue weighted by molar-refractivity contribution is 0.0385. The fraction of sp³-hybridized carbons (Fsp3) is 0.240. The lowest BCUT2D eigenvalue weighted by atomic mass is 10.0. The minimum atomic E-state index is -3.09. The van der Waals surface area contributed by atoms with E-state index in [9.17, 15) is 13.6 Å². The van der Waals surface area contributed by atoms with E-state index in [-0.39, 0.29) is 23.1 Å². The zero-order valence-corrected chi connectivity index (χ0v) is 17.6. The first kappa shape index (κ1) is 22.4. The number of nitrogens with two attached hydrogens (primary N) is 1. The molecule has 3 rings (SSSR count). The van der Waals surface area contributed by atoms with Gasteiger partial charge in [0.05, 0.1) is 0 Å². The molecular weight excluding hydrogens is 398 g/mol. The van der Waals surface area contributed by atoms with Crippen LogP contribution in [0.4, 0.5) is 8.78 Å². The van der Waals surface area contributed by atoms with Crippen molar-refractivity contribution < 1.29 is 18.3 Å². The smallest absolute Gasteiger partial charge is 0.294 e. The summed E-state index contributed by atoms with van der Waals surface area (Å²) in [4.78, 5) is 12.5. The SMILES string of the molecule is C=C(C)C(F)(F)c1ccc(Oc2cccc3cc(C(=O)N[C@H](C)CCN)ccc23)cc1. The average Bonchev–Trinajstić information content (AvgIpc) is 2.74. The number of amides is 1. The van der Waals surface area contributed by atoms with Gasteiger partial charge < -0.3 is 15.8 Å². The third-order valence-corrected chi connectivity index (χ3v) is 5.06. The number of rotatable bonds is 8. The first-order valence-corrected chi connectivity index (χ1v) is 10.1. The Balaban J connectivity index is 1.82. The van der Waals surface area contributed by atoms with E-state index >= 15 is 0 Å². The van der Waals surface area contributed by atoms with Crippen molar-refractivity contribution in [1.82, 2.24) is 5.32 Å². The molecule has 0 saturated heterocycles. The highest BCUT2D eigenvalue weighted by molar-refractivity contribution is 6.00. The highest BCUT2D eigenvalue weighted by atomic mass is 19.3. The van der Waals surface area contributed by atoms with E-state index in [1.54, 1.807) is 18.2 Å². The van der Waals surface area contributed by atoms with E-state index < -0.39 is 5.92 Å². The van der Waals surface area contributed by atoms with Gasteiger partial charge in [0.2, 0.25) is 0 Å². The van der Waals surface area contributed by atoms with Crippen LogP contribution < -0.4 is 15.8 Å². The molecular formula is C25H26F2N2O2. The van der Waals surface area contributed by atoms with E-state index in [2.05, 4.69) is 11.9 Å². The van der Waals surface area contributed by atoms with Crippen molar-refractivity contribution in [3.05, 3.63) is 83.9 Å². The third-order valence-electron chi connectivity index (χ3n) is 5.06. The van der Waals surface area contributed by atoms with E-state index in [1.807, 2.05) is 25.1 Å². The normalized spacial score (nSPS) is 12.4. The molecule has 0 heterocycles. The molecule has 0 unspecified atom stereocenters. The maximum Gasteiger partial charge on any atom is 0.294 e. The highest BCUT2D eigenvalue weighted by Gasteiger charge is 2.32. The largest absolute Gasteiger partial charge is 0.457 e. The number of fused-ring (bicyclic) bond motifs is 1. The van der Waals surface area contributed by atoms with Crippen LogP contribution in [0.3, 0.4) is 0 Å². The minimum Gasteiger partial charge on any atom is -0.457 e. The second-order valence-corrected chi connectivity index (χ2v) is 7.63. The molecule has 0 radical (unpaired) electrons. The van der Waals surface area contributed by atoms with Crippen LogP contribution in [-0.2, 0) is 5.92 Å². The quantitative estimate of drug-likeness (QED) is 0.452. The standard InChI is InChI=1S/C25H26F2N2O2/c1-16(2)25(26,27)20-8-10-21(11-9-20)31-23-6-4-5-18-15-19(7-12-22(18)23)24(30)29-17(3)13-14-28/h4-12,15,17H,1,13-14,28H2,2-3H3,(H,29,30)/t17-/m1/s1. The number of allylic oxidation sites excluding steroid dienone is 1. The van der Waals surface area contributed by atoms with Gasteiger partial charge in [-0.05, 0) is 86.3 Å². The number of hydrogen-bond acceptors (Lipinski definition) is 3. The monoisotopic (exact) mass is 424 g/mol. The molecule has 0 spiro atoms. The molecule has 6 heteroatoms. The molecule has 0 aliphatic carbocycles. The van der Waals surface area contributed by atoms with E-state index in [1.165, 1.54) is 31.2 Å². The summed E-state index contributed by atoms with van der Waals surface area (Å²) in [6.45, 7) is 7.07. The average molecular weight is 424 g/mol. The van der Waals surface area contributed by atoms with Crippen molar-refractivity contribution in [1.29, 1.82) is 0 Å². The van der Waals surface area contributed by atoms with Crippen molar-refractivity contribution in [2.75, 3.05) is 6.54 Å². The van der Waals surface area contributed by atoms with Crippen molar-refractivity contribution in [3.63, 3.8) is 0 Å². The molecule has 3 aromatic rings. The van der Waals surface area contributed by atoms with Gasteiger partial charge >= 0.3 is 0 Å². The molecule has 0 fully saturated rings. The van der Waals surface area contributed by atoms with Crippen LogP contribution in [0.2, 0.25) is 0 Å². The van der Waals surface area contributed by atoms with Crippen molar-refractivity contribution in [2.24, 2.45) is 5.73 Å². The predicted molar refractivity (Wildman–Crippen MR) is 120 cm³/mol. The molecule has 0 aromatic heterocycles. The summed E-state index contributed by atoms with van der Waals surface area (Å²) in [5.41, 5.74) is 5.73. The summed E-state index contributed by atoms with van der Waals surface area (Å²) in [6.07, 6.45) is 0.703. The zero-order valence-electron chi connectivity index (χ0n) is 17.6. The van der Waals surface area contributed by atoms with E-state index in [0.29, 0.717) is 30.0 Å². The summed E-state index contributed by atoms with van der Waals surface area (Å²) in [5, 5.41) is 4.57. The lowest BCUT2D eigenvalue weighted by Gasteiger charge is -2.17. The van der Waals surface area contributed by atoms with Gasteiger partial charge in [0, 0.05) is 22.6 Å². The highest BCUT2D eigenvalue weighted by Crippen LogP contribution is 2.36.